The van der Waals surface area contributed by atoms with E-state index in [-0.39, 0.29) is 0 Å². The first-order valence-electron chi connectivity index (χ1n) is 4.91. The predicted octanol–water partition coefficient (Wildman–Crippen LogP) is 2.71. The average molecular weight is 188 g/mol. The molecular weight excluding hydrogens is 172 g/mol. The highest BCUT2D eigenvalue weighted by molar-refractivity contribution is 5.63. The molecule has 1 rings (SSSR count). The largest absolute Gasteiger partial charge is 0.373 e. The summed E-state index contributed by atoms with van der Waals surface area (Å²) in [6.07, 6.45) is 1.09. The lowest BCUT2D eigenvalue weighted by Crippen LogP contribution is -2.19. The van der Waals surface area contributed by atoms with Crippen molar-refractivity contribution in [2.24, 2.45) is 0 Å². The van der Waals surface area contributed by atoms with Crippen LogP contribution in [0.5, 0.6) is 0 Å². The van der Waals surface area contributed by atoms with E-state index in [9.17, 15) is 0 Å². The quantitative estimate of drug-likeness (QED) is 0.729. The number of anilines is 1. The van der Waals surface area contributed by atoms with Gasteiger partial charge in [0.05, 0.1) is 11.3 Å². The molecule has 74 valence electrons. The Morgan fingerprint density at radius 1 is 1.43 bits per heavy atom. The lowest BCUT2D eigenvalue weighted by molar-refractivity contribution is 0.848. The number of nitriles is 1. The summed E-state index contributed by atoms with van der Waals surface area (Å²) in [5.41, 5.74) is 3.00. The minimum absolute atomic E-state index is 0.765. The van der Waals surface area contributed by atoms with Crippen LogP contribution in [-0.4, -0.2) is 13.6 Å². The van der Waals surface area contributed by atoms with Crippen LogP contribution in [0, 0.1) is 18.3 Å². The average Bonchev–Trinajstić information content (AvgIpc) is 2.17. The van der Waals surface area contributed by atoms with Crippen LogP contribution in [0.1, 0.15) is 24.5 Å². The van der Waals surface area contributed by atoms with Crippen LogP contribution in [0.2, 0.25) is 0 Å². The van der Waals surface area contributed by atoms with Crippen molar-refractivity contribution in [1.29, 1.82) is 5.26 Å². The van der Waals surface area contributed by atoms with E-state index in [0.717, 1.165) is 24.2 Å². The van der Waals surface area contributed by atoms with Crippen LogP contribution in [0.4, 0.5) is 5.69 Å². The standard InChI is InChI=1S/C12H16N2/c1-4-8-14(3)12-10(2)6-5-7-11(12)9-13/h5-7H,4,8H2,1-3H3. The first kappa shape index (κ1) is 10.6. The molecule has 0 aliphatic carbocycles. The molecule has 0 radical (unpaired) electrons. The highest BCUT2D eigenvalue weighted by Gasteiger charge is 2.08. The summed E-state index contributed by atoms with van der Waals surface area (Å²) in [5, 5.41) is 8.98. The summed E-state index contributed by atoms with van der Waals surface area (Å²) in [7, 11) is 2.03. The third kappa shape index (κ3) is 2.05. The Morgan fingerprint density at radius 3 is 2.71 bits per heavy atom. The van der Waals surface area contributed by atoms with E-state index in [1.165, 1.54) is 5.56 Å². The van der Waals surface area contributed by atoms with Crippen molar-refractivity contribution in [1.82, 2.24) is 0 Å². The van der Waals surface area contributed by atoms with Gasteiger partial charge in [0.15, 0.2) is 0 Å². The molecule has 0 bridgehead atoms. The number of nitrogens with zero attached hydrogens (tertiary/aromatic N) is 2. The van der Waals surface area contributed by atoms with E-state index in [1.807, 2.05) is 32.2 Å². The molecule has 1 aromatic carbocycles. The van der Waals surface area contributed by atoms with Crippen LogP contribution in [0.15, 0.2) is 18.2 Å². The fourth-order valence-corrected chi connectivity index (χ4v) is 1.70. The molecule has 1 aromatic rings. The normalized spacial score (nSPS) is 9.57. The van der Waals surface area contributed by atoms with Crippen molar-refractivity contribution in [3.63, 3.8) is 0 Å². The maximum Gasteiger partial charge on any atom is 0.101 e. The molecule has 0 saturated heterocycles. The van der Waals surface area contributed by atoms with Crippen LogP contribution < -0.4 is 4.90 Å². The SMILES string of the molecule is CCCN(C)c1c(C)cccc1C#N. The first-order valence-corrected chi connectivity index (χ1v) is 4.91. The van der Waals surface area contributed by atoms with Gasteiger partial charge in [0.2, 0.25) is 0 Å². The molecule has 2 heteroatoms. The molecule has 0 aliphatic rings. The third-order valence-corrected chi connectivity index (χ3v) is 2.30. The zero-order valence-electron chi connectivity index (χ0n) is 9.04. The summed E-state index contributed by atoms with van der Waals surface area (Å²) in [6.45, 7) is 5.17. The molecule has 0 aromatic heterocycles. The van der Waals surface area contributed by atoms with Gasteiger partial charge in [-0.1, -0.05) is 19.1 Å². The highest BCUT2D eigenvalue weighted by Crippen LogP contribution is 2.23. The summed E-state index contributed by atoms with van der Waals surface area (Å²) in [6, 6.07) is 8.08. The number of hydrogen-bond acceptors (Lipinski definition) is 2. The Balaban J connectivity index is 3.11. The third-order valence-electron chi connectivity index (χ3n) is 2.30. The van der Waals surface area contributed by atoms with Gasteiger partial charge in [-0.3, -0.25) is 0 Å². The monoisotopic (exact) mass is 188 g/mol. The second kappa shape index (κ2) is 4.66. The lowest BCUT2D eigenvalue weighted by atomic mass is 10.1. The number of rotatable bonds is 3. The van der Waals surface area contributed by atoms with E-state index in [0.29, 0.717) is 0 Å². The van der Waals surface area contributed by atoms with E-state index in [4.69, 9.17) is 5.26 Å². The molecule has 0 N–H and O–H groups in total. The van der Waals surface area contributed by atoms with E-state index in [2.05, 4.69) is 17.9 Å². The van der Waals surface area contributed by atoms with Gasteiger partial charge in [0.25, 0.3) is 0 Å². The van der Waals surface area contributed by atoms with Gasteiger partial charge in [-0.05, 0) is 25.0 Å². The van der Waals surface area contributed by atoms with Crippen LogP contribution >= 0.6 is 0 Å². The lowest BCUT2D eigenvalue weighted by Gasteiger charge is -2.21. The Kier molecular flexibility index (Phi) is 3.53. The van der Waals surface area contributed by atoms with Gasteiger partial charge < -0.3 is 4.90 Å². The maximum absolute atomic E-state index is 8.98. The van der Waals surface area contributed by atoms with E-state index in [1.54, 1.807) is 0 Å². The summed E-state index contributed by atoms with van der Waals surface area (Å²) >= 11 is 0. The zero-order chi connectivity index (χ0) is 10.6. The summed E-state index contributed by atoms with van der Waals surface area (Å²) < 4.78 is 0. The van der Waals surface area contributed by atoms with Crippen LogP contribution in [0.3, 0.4) is 0 Å². The summed E-state index contributed by atoms with van der Waals surface area (Å²) in [5.74, 6) is 0. The topological polar surface area (TPSA) is 27.0 Å². The number of aryl methyl sites for hydroxylation is 1. The van der Waals surface area contributed by atoms with Crippen LogP contribution in [0.25, 0.3) is 0 Å². The zero-order valence-corrected chi connectivity index (χ0v) is 9.04. The van der Waals surface area contributed by atoms with Gasteiger partial charge in [-0.25, -0.2) is 0 Å². The molecule has 0 fully saturated rings. The Bertz CT molecular complexity index is 350. The molecule has 2 nitrogen and oxygen atoms in total. The van der Waals surface area contributed by atoms with E-state index < -0.39 is 0 Å². The van der Waals surface area contributed by atoms with Crippen LogP contribution in [-0.2, 0) is 0 Å². The fraction of sp³-hybridized carbons (Fsp3) is 0.417. The molecule has 14 heavy (non-hydrogen) atoms. The second-order valence-corrected chi connectivity index (χ2v) is 3.50. The van der Waals surface area contributed by atoms with Crippen molar-refractivity contribution in [2.45, 2.75) is 20.3 Å². The molecular formula is C12H16N2. The number of benzene rings is 1. The fourth-order valence-electron chi connectivity index (χ4n) is 1.70. The van der Waals surface area contributed by atoms with Crippen molar-refractivity contribution in [3.05, 3.63) is 29.3 Å². The molecule has 0 heterocycles. The first-order chi connectivity index (χ1) is 6.70. The van der Waals surface area contributed by atoms with Gasteiger partial charge in [0.1, 0.15) is 6.07 Å². The van der Waals surface area contributed by atoms with Crippen molar-refractivity contribution < 1.29 is 0 Å². The molecule has 0 aliphatic heterocycles. The molecule has 0 atom stereocenters. The number of para-hydroxylation sites is 1. The smallest absolute Gasteiger partial charge is 0.101 e. The molecule has 0 saturated carbocycles. The molecule has 0 unspecified atom stereocenters. The minimum Gasteiger partial charge on any atom is -0.373 e. The summed E-state index contributed by atoms with van der Waals surface area (Å²) in [4.78, 5) is 2.15. The van der Waals surface area contributed by atoms with Gasteiger partial charge in [-0.2, -0.15) is 5.26 Å². The Hall–Kier alpha value is -1.49. The van der Waals surface area contributed by atoms with Gasteiger partial charge >= 0.3 is 0 Å². The van der Waals surface area contributed by atoms with Gasteiger partial charge in [0, 0.05) is 13.6 Å². The van der Waals surface area contributed by atoms with Crippen molar-refractivity contribution in [3.8, 4) is 6.07 Å². The number of hydrogen-bond donors (Lipinski definition) is 0. The van der Waals surface area contributed by atoms with Crippen molar-refractivity contribution in [2.75, 3.05) is 18.5 Å². The second-order valence-electron chi connectivity index (χ2n) is 3.50. The highest BCUT2D eigenvalue weighted by atomic mass is 15.1. The maximum atomic E-state index is 8.98. The van der Waals surface area contributed by atoms with Gasteiger partial charge in [-0.15, -0.1) is 0 Å². The molecule has 0 spiro atoms. The van der Waals surface area contributed by atoms with Crippen molar-refractivity contribution >= 4 is 5.69 Å². The predicted molar refractivity (Wildman–Crippen MR) is 59.5 cm³/mol. The Morgan fingerprint density at radius 2 is 2.14 bits per heavy atom. The molecule has 0 amide bonds. The van der Waals surface area contributed by atoms with E-state index >= 15 is 0 Å². The Labute approximate surface area is 85.8 Å². The minimum atomic E-state index is 0.765.